The Balaban J connectivity index is 1.67. The molecule has 0 aliphatic heterocycles. The van der Waals surface area contributed by atoms with E-state index in [1.165, 1.54) is 7.11 Å². The van der Waals surface area contributed by atoms with Gasteiger partial charge in [-0.2, -0.15) is 0 Å². The molecule has 0 aliphatic carbocycles. The molecule has 130 valence electrons. The van der Waals surface area contributed by atoms with Crippen LogP contribution in [0, 0.1) is 13.8 Å². The number of methoxy groups -OCH3 is 1. The van der Waals surface area contributed by atoms with Crippen molar-refractivity contribution in [2.45, 2.75) is 25.4 Å². The number of nitrogens with zero attached hydrogens (tertiary/aromatic N) is 1. The van der Waals surface area contributed by atoms with E-state index in [9.17, 15) is 9.59 Å². The van der Waals surface area contributed by atoms with Gasteiger partial charge in [0.05, 0.1) is 23.8 Å². The number of carbonyl (C=O) groups is 1. The topological polar surface area (TPSA) is 72.0 Å². The molecule has 0 fully saturated rings. The lowest BCUT2D eigenvalue weighted by Crippen LogP contribution is -2.10. The Hall–Kier alpha value is -2.12. The summed E-state index contributed by atoms with van der Waals surface area (Å²) in [6, 6.07) is 7.32. The highest BCUT2D eigenvalue weighted by atomic mass is 32.2. The average molecular weight is 374 g/mol. The molecule has 2 heterocycles. The van der Waals surface area contributed by atoms with Crippen molar-refractivity contribution in [1.82, 2.24) is 9.97 Å². The fraction of sp³-hybridized carbons (Fsp3) is 0.278. The predicted octanol–water partition coefficient (Wildman–Crippen LogP) is 3.82. The zero-order chi connectivity index (χ0) is 18.0. The maximum atomic E-state index is 12.3. The summed E-state index contributed by atoms with van der Waals surface area (Å²) < 4.78 is 4.69. The number of hydrogen-bond acceptors (Lipinski definition) is 6. The summed E-state index contributed by atoms with van der Waals surface area (Å²) in [6.07, 6.45) is 0. The quantitative estimate of drug-likeness (QED) is 0.687. The molecule has 3 aromatic rings. The second-order valence-corrected chi connectivity index (χ2v) is 7.85. The zero-order valence-corrected chi connectivity index (χ0v) is 15.8. The van der Waals surface area contributed by atoms with Crippen molar-refractivity contribution >= 4 is 39.3 Å². The summed E-state index contributed by atoms with van der Waals surface area (Å²) in [5.74, 6) is 1.75. The number of ether oxygens (including phenoxy) is 1. The van der Waals surface area contributed by atoms with E-state index < -0.39 is 0 Å². The van der Waals surface area contributed by atoms with Gasteiger partial charge in [-0.05, 0) is 37.1 Å². The van der Waals surface area contributed by atoms with E-state index in [1.54, 1.807) is 35.2 Å². The highest BCUT2D eigenvalue weighted by molar-refractivity contribution is 7.97. The Kier molecular flexibility index (Phi) is 5.24. The van der Waals surface area contributed by atoms with E-state index >= 15 is 0 Å². The Morgan fingerprint density at radius 3 is 2.64 bits per heavy atom. The number of carbonyl (C=O) groups excluding carboxylic acids is 1. The maximum Gasteiger partial charge on any atom is 0.337 e. The third-order valence-corrected chi connectivity index (χ3v) is 6.09. The van der Waals surface area contributed by atoms with Crippen LogP contribution >= 0.6 is 23.1 Å². The van der Waals surface area contributed by atoms with Gasteiger partial charge in [0.25, 0.3) is 5.56 Å². The molecule has 0 spiro atoms. The summed E-state index contributed by atoms with van der Waals surface area (Å²) in [7, 11) is 1.37. The maximum absolute atomic E-state index is 12.3. The Morgan fingerprint density at radius 2 is 1.96 bits per heavy atom. The van der Waals surface area contributed by atoms with Crippen LogP contribution in [0.5, 0.6) is 0 Å². The van der Waals surface area contributed by atoms with Crippen LogP contribution in [0.1, 0.15) is 32.2 Å². The monoisotopic (exact) mass is 374 g/mol. The molecule has 0 saturated carbocycles. The van der Waals surface area contributed by atoms with E-state index in [2.05, 4.69) is 14.7 Å². The number of aromatic amines is 1. The largest absolute Gasteiger partial charge is 0.465 e. The predicted molar refractivity (Wildman–Crippen MR) is 102 cm³/mol. The fourth-order valence-electron chi connectivity index (χ4n) is 2.49. The minimum Gasteiger partial charge on any atom is -0.465 e. The van der Waals surface area contributed by atoms with Crippen LogP contribution in [0.4, 0.5) is 0 Å². The molecule has 0 bridgehead atoms. The van der Waals surface area contributed by atoms with Gasteiger partial charge in [-0.3, -0.25) is 4.79 Å². The van der Waals surface area contributed by atoms with Crippen molar-refractivity contribution in [1.29, 1.82) is 0 Å². The number of hydrogen-bond donors (Lipinski definition) is 1. The lowest BCUT2D eigenvalue weighted by molar-refractivity contribution is 0.0600. The van der Waals surface area contributed by atoms with Crippen LogP contribution in [-0.2, 0) is 16.2 Å². The van der Waals surface area contributed by atoms with Crippen molar-refractivity contribution in [3.8, 4) is 0 Å². The van der Waals surface area contributed by atoms with Gasteiger partial charge in [-0.1, -0.05) is 12.1 Å². The molecule has 2 aromatic heterocycles. The smallest absolute Gasteiger partial charge is 0.337 e. The highest BCUT2D eigenvalue weighted by Gasteiger charge is 2.12. The van der Waals surface area contributed by atoms with Gasteiger partial charge >= 0.3 is 5.97 Å². The first kappa shape index (κ1) is 17.7. The molecule has 0 radical (unpaired) electrons. The van der Waals surface area contributed by atoms with E-state index in [4.69, 9.17) is 0 Å². The Morgan fingerprint density at radius 1 is 1.24 bits per heavy atom. The molecule has 5 nitrogen and oxygen atoms in total. The summed E-state index contributed by atoms with van der Waals surface area (Å²) in [5, 5.41) is 0.703. The van der Waals surface area contributed by atoms with Gasteiger partial charge in [0.1, 0.15) is 10.7 Å². The van der Waals surface area contributed by atoms with Crippen LogP contribution < -0.4 is 5.56 Å². The number of thiophene rings is 1. The van der Waals surface area contributed by atoms with Crippen LogP contribution in [0.2, 0.25) is 0 Å². The van der Waals surface area contributed by atoms with Gasteiger partial charge in [0.2, 0.25) is 0 Å². The summed E-state index contributed by atoms with van der Waals surface area (Å²) in [4.78, 5) is 33.1. The lowest BCUT2D eigenvalue weighted by Gasteiger charge is -2.04. The SMILES string of the molecule is COC(=O)c1ccc(CSCc2nc3sc(C)c(C)c3c(=O)[nH]2)cc1. The van der Waals surface area contributed by atoms with Crippen LogP contribution in [0.15, 0.2) is 29.1 Å². The fourth-order valence-corrected chi connectivity index (χ4v) is 4.40. The minimum absolute atomic E-state index is 0.0649. The number of benzene rings is 1. The van der Waals surface area contributed by atoms with Gasteiger partial charge in [0.15, 0.2) is 0 Å². The summed E-state index contributed by atoms with van der Waals surface area (Å²) in [5.41, 5.74) is 2.59. The third kappa shape index (κ3) is 3.77. The lowest BCUT2D eigenvalue weighted by atomic mass is 10.1. The van der Waals surface area contributed by atoms with Gasteiger partial charge in [-0.15, -0.1) is 23.1 Å². The van der Waals surface area contributed by atoms with Crippen LogP contribution in [0.25, 0.3) is 10.2 Å². The molecule has 3 rings (SSSR count). The standard InChI is InChI=1S/C18H18N2O3S2/c1-10-11(2)25-17-15(10)16(21)19-14(20-17)9-24-8-12-4-6-13(7-5-12)18(22)23-3/h4-7H,8-9H2,1-3H3,(H,19,20,21). The second-order valence-electron chi connectivity index (χ2n) is 5.66. The van der Waals surface area contributed by atoms with Gasteiger partial charge in [-0.25, -0.2) is 9.78 Å². The van der Waals surface area contributed by atoms with Crippen molar-refractivity contribution in [2.75, 3.05) is 7.11 Å². The van der Waals surface area contributed by atoms with Crippen molar-refractivity contribution in [3.05, 3.63) is 62.0 Å². The molecule has 0 amide bonds. The van der Waals surface area contributed by atoms with Crippen LogP contribution in [0.3, 0.4) is 0 Å². The molecular weight excluding hydrogens is 356 g/mol. The molecule has 1 N–H and O–H groups in total. The first-order valence-electron chi connectivity index (χ1n) is 7.73. The number of aryl methyl sites for hydroxylation is 2. The normalized spacial score (nSPS) is 11.0. The van der Waals surface area contributed by atoms with E-state index in [0.717, 1.165) is 26.6 Å². The number of esters is 1. The molecule has 0 unspecified atom stereocenters. The average Bonchev–Trinajstić information content (AvgIpc) is 2.89. The number of fused-ring (bicyclic) bond motifs is 1. The molecular formula is C18H18N2O3S2. The molecule has 0 aliphatic rings. The Labute approximate surface area is 153 Å². The second kappa shape index (κ2) is 7.41. The number of nitrogens with one attached hydrogen (secondary N) is 1. The molecule has 0 atom stereocenters. The number of rotatable bonds is 5. The van der Waals surface area contributed by atoms with E-state index in [-0.39, 0.29) is 11.5 Å². The number of aromatic nitrogens is 2. The summed E-state index contributed by atoms with van der Waals surface area (Å²) >= 11 is 3.22. The van der Waals surface area contributed by atoms with E-state index in [0.29, 0.717) is 22.5 Å². The number of thioether (sulfide) groups is 1. The van der Waals surface area contributed by atoms with Crippen molar-refractivity contribution in [2.24, 2.45) is 0 Å². The first-order chi connectivity index (χ1) is 12.0. The molecule has 7 heteroatoms. The molecule has 1 aromatic carbocycles. The Bertz CT molecular complexity index is 974. The first-order valence-corrected chi connectivity index (χ1v) is 9.70. The van der Waals surface area contributed by atoms with Crippen molar-refractivity contribution < 1.29 is 9.53 Å². The van der Waals surface area contributed by atoms with E-state index in [1.807, 2.05) is 26.0 Å². The minimum atomic E-state index is -0.337. The summed E-state index contributed by atoms with van der Waals surface area (Å²) in [6.45, 7) is 3.96. The highest BCUT2D eigenvalue weighted by Crippen LogP contribution is 2.26. The van der Waals surface area contributed by atoms with Crippen LogP contribution in [-0.4, -0.2) is 23.0 Å². The van der Waals surface area contributed by atoms with Crippen molar-refractivity contribution in [3.63, 3.8) is 0 Å². The third-order valence-electron chi connectivity index (χ3n) is 3.97. The van der Waals surface area contributed by atoms with Gasteiger partial charge < -0.3 is 9.72 Å². The zero-order valence-electron chi connectivity index (χ0n) is 14.2. The van der Waals surface area contributed by atoms with Gasteiger partial charge in [0, 0.05) is 10.6 Å². The molecule has 25 heavy (non-hydrogen) atoms. The molecule has 0 saturated heterocycles. The number of H-pyrrole nitrogens is 1.